The number of fused-ring (bicyclic) bond motifs is 3. The maximum atomic E-state index is 12.9. The Labute approximate surface area is 199 Å². The molecule has 0 fully saturated rings. The highest BCUT2D eigenvalue weighted by Gasteiger charge is 2.26. The third-order valence-corrected chi connectivity index (χ3v) is 6.48. The Morgan fingerprint density at radius 1 is 0.912 bits per heavy atom. The van der Waals surface area contributed by atoms with Gasteiger partial charge in [-0.25, -0.2) is 4.79 Å². The lowest BCUT2D eigenvalue weighted by Gasteiger charge is -2.29. The van der Waals surface area contributed by atoms with E-state index in [1.54, 1.807) is 12.1 Å². The predicted molar refractivity (Wildman–Crippen MR) is 128 cm³/mol. The third-order valence-electron chi connectivity index (χ3n) is 6.48. The number of benzene rings is 2. The first-order valence-corrected chi connectivity index (χ1v) is 11.6. The molecule has 7 heteroatoms. The van der Waals surface area contributed by atoms with E-state index in [1.807, 2.05) is 23.1 Å². The second kappa shape index (κ2) is 10.5. The highest BCUT2D eigenvalue weighted by atomic mass is 16.5. The first kappa shape index (κ1) is 23.5. The molecule has 0 spiro atoms. The molecule has 2 aromatic carbocycles. The number of para-hydroxylation sites is 1. The van der Waals surface area contributed by atoms with E-state index in [0.29, 0.717) is 50.9 Å². The Hall–Kier alpha value is -3.61. The molecular formula is C27H30N2O5. The van der Waals surface area contributed by atoms with Crippen LogP contribution in [0.3, 0.4) is 0 Å². The second-order valence-electron chi connectivity index (χ2n) is 8.57. The summed E-state index contributed by atoms with van der Waals surface area (Å²) in [5.41, 5.74) is 5.21. The highest BCUT2D eigenvalue weighted by Crippen LogP contribution is 2.32. The van der Waals surface area contributed by atoms with Gasteiger partial charge in [-0.1, -0.05) is 30.3 Å². The minimum atomic E-state index is -0.351. The number of ether oxygens (including phenoxy) is 2. The van der Waals surface area contributed by atoms with Crippen LogP contribution < -0.4 is 0 Å². The number of carbonyl (C=O) groups is 3. The van der Waals surface area contributed by atoms with Crippen LogP contribution in [0.15, 0.2) is 48.5 Å². The van der Waals surface area contributed by atoms with Crippen molar-refractivity contribution < 1.29 is 23.9 Å². The SMILES string of the molecule is COC(=O)CCCCC(=O)N1CCc2c(n(Cc3ccc(C(=O)OC)cc3)c3ccccc23)C1. The fourth-order valence-corrected chi connectivity index (χ4v) is 4.64. The van der Waals surface area contributed by atoms with Crippen LogP contribution in [0.5, 0.6) is 0 Å². The molecule has 0 aliphatic carbocycles. The number of rotatable bonds is 8. The minimum absolute atomic E-state index is 0.120. The van der Waals surface area contributed by atoms with Crippen molar-refractivity contribution in [1.82, 2.24) is 9.47 Å². The Bertz CT molecular complexity index is 1200. The lowest BCUT2D eigenvalue weighted by Crippen LogP contribution is -2.36. The summed E-state index contributed by atoms with van der Waals surface area (Å²) in [7, 11) is 2.76. The van der Waals surface area contributed by atoms with E-state index >= 15 is 0 Å². The minimum Gasteiger partial charge on any atom is -0.469 e. The maximum absolute atomic E-state index is 12.9. The average Bonchev–Trinajstić information content (AvgIpc) is 3.19. The van der Waals surface area contributed by atoms with Gasteiger partial charge in [-0.05, 0) is 48.6 Å². The molecule has 0 atom stereocenters. The normalized spacial score (nSPS) is 12.9. The molecule has 7 nitrogen and oxygen atoms in total. The number of amides is 1. The fourth-order valence-electron chi connectivity index (χ4n) is 4.64. The van der Waals surface area contributed by atoms with Crippen molar-refractivity contribution >= 4 is 28.7 Å². The molecular weight excluding hydrogens is 432 g/mol. The molecule has 2 heterocycles. The zero-order chi connectivity index (χ0) is 24.1. The zero-order valence-electron chi connectivity index (χ0n) is 19.7. The molecule has 1 aromatic heterocycles. The van der Waals surface area contributed by atoms with Gasteiger partial charge in [0, 0.05) is 42.5 Å². The molecule has 34 heavy (non-hydrogen) atoms. The van der Waals surface area contributed by atoms with Crippen LogP contribution in [0.1, 0.15) is 52.9 Å². The number of unbranched alkanes of at least 4 members (excludes halogenated alkanes) is 1. The number of aromatic nitrogens is 1. The molecule has 0 saturated heterocycles. The van der Waals surface area contributed by atoms with Crippen molar-refractivity contribution in [1.29, 1.82) is 0 Å². The lowest BCUT2D eigenvalue weighted by atomic mass is 10.0. The van der Waals surface area contributed by atoms with Gasteiger partial charge in [-0.2, -0.15) is 0 Å². The molecule has 1 amide bonds. The predicted octanol–water partition coefficient (Wildman–Crippen LogP) is 4.09. The first-order valence-electron chi connectivity index (χ1n) is 11.6. The van der Waals surface area contributed by atoms with Gasteiger partial charge < -0.3 is 18.9 Å². The summed E-state index contributed by atoms with van der Waals surface area (Å²) in [5.74, 6) is -0.468. The summed E-state index contributed by atoms with van der Waals surface area (Å²) in [6.07, 6.45) is 2.92. The third kappa shape index (κ3) is 4.98. The van der Waals surface area contributed by atoms with E-state index in [2.05, 4.69) is 27.5 Å². The molecule has 0 saturated carbocycles. The van der Waals surface area contributed by atoms with Crippen molar-refractivity contribution in [2.45, 2.75) is 45.2 Å². The van der Waals surface area contributed by atoms with Gasteiger partial charge in [0.1, 0.15) is 0 Å². The van der Waals surface area contributed by atoms with Crippen molar-refractivity contribution in [3.8, 4) is 0 Å². The molecule has 1 aliphatic heterocycles. The van der Waals surface area contributed by atoms with Gasteiger partial charge in [0.2, 0.25) is 5.91 Å². The van der Waals surface area contributed by atoms with E-state index in [-0.39, 0.29) is 17.8 Å². The Balaban J connectivity index is 1.53. The maximum Gasteiger partial charge on any atom is 0.337 e. The Morgan fingerprint density at radius 3 is 2.38 bits per heavy atom. The van der Waals surface area contributed by atoms with Crippen molar-refractivity contribution in [3.63, 3.8) is 0 Å². The van der Waals surface area contributed by atoms with Gasteiger partial charge >= 0.3 is 11.9 Å². The van der Waals surface area contributed by atoms with Crippen LogP contribution in [0.2, 0.25) is 0 Å². The number of methoxy groups -OCH3 is 2. The van der Waals surface area contributed by atoms with E-state index in [9.17, 15) is 14.4 Å². The van der Waals surface area contributed by atoms with Crippen LogP contribution in [-0.4, -0.2) is 48.1 Å². The molecule has 0 N–H and O–H groups in total. The molecule has 0 radical (unpaired) electrons. The van der Waals surface area contributed by atoms with Gasteiger partial charge in [0.25, 0.3) is 0 Å². The Kier molecular flexibility index (Phi) is 7.30. The lowest BCUT2D eigenvalue weighted by molar-refractivity contribution is -0.141. The number of hydrogen-bond donors (Lipinski definition) is 0. The molecule has 0 bridgehead atoms. The van der Waals surface area contributed by atoms with Gasteiger partial charge in [-0.15, -0.1) is 0 Å². The van der Waals surface area contributed by atoms with Crippen LogP contribution in [0.25, 0.3) is 10.9 Å². The number of carbonyl (C=O) groups excluding carboxylic acids is 3. The van der Waals surface area contributed by atoms with E-state index in [0.717, 1.165) is 23.2 Å². The molecule has 3 aromatic rings. The summed E-state index contributed by atoms with van der Waals surface area (Å²) >= 11 is 0. The standard InChI is InChI=1S/C27H30N2O5/c1-33-26(31)10-6-5-9-25(30)28-16-15-22-21-7-3-4-8-23(21)29(24(22)18-28)17-19-11-13-20(14-12-19)27(32)34-2/h3-4,7-8,11-14H,5-6,9-10,15-18H2,1-2H3. The monoisotopic (exact) mass is 462 g/mol. The van der Waals surface area contributed by atoms with E-state index in [4.69, 9.17) is 4.74 Å². The second-order valence-corrected chi connectivity index (χ2v) is 8.57. The van der Waals surface area contributed by atoms with Gasteiger partial charge in [0.05, 0.1) is 26.3 Å². The van der Waals surface area contributed by atoms with Crippen LogP contribution in [0, 0.1) is 0 Å². The molecule has 178 valence electrons. The number of nitrogens with zero attached hydrogens (tertiary/aromatic N) is 2. The van der Waals surface area contributed by atoms with Crippen LogP contribution >= 0.6 is 0 Å². The van der Waals surface area contributed by atoms with E-state index < -0.39 is 0 Å². The molecule has 4 rings (SSSR count). The van der Waals surface area contributed by atoms with Crippen molar-refractivity contribution in [2.24, 2.45) is 0 Å². The van der Waals surface area contributed by atoms with E-state index in [1.165, 1.54) is 25.2 Å². The smallest absolute Gasteiger partial charge is 0.337 e. The highest BCUT2D eigenvalue weighted by molar-refractivity contribution is 5.89. The largest absolute Gasteiger partial charge is 0.469 e. The topological polar surface area (TPSA) is 77.8 Å². The number of esters is 2. The summed E-state index contributed by atoms with van der Waals surface area (Å²) in [6, 6.07) is 15.8. The fraction of sp³-hybridized carbons (Fsp3) is 0.370. The summed E-state index contributed by atoms with van der Waals surface area (Å²) < 4.78 is 11.7. The summed E-state index contributed by atoms with van der Waals surface area (Å²) in [4.78, 5) is 37.9. The van der Waals surface area contributed by atoms with Crippen LogP contribution in [-0.2, 0) is 38.6 Å². The average molecular weight is 463 g/mol. The Morgan fingerprint density at radius 2 is 1.65 bits per heavy atom. The van der Waals surface area contributed by atoms with Crippen molar-refractivity contribution in [3.05, 3.63) is 70.9 Å². The summed E-state index contributed by atoms with van der Waals surface area (Å²) in [6.45, 7) is 1.92. The zero-order valence-corrected chi connectivity index (χ0v) is 19.7. The van der Waals surface area contributed by atoms with Crippen LogP contribution in [0.4, 0.5) is 0 Å². The van der Waals surface area contributed by atoms with Crippen molar-refractivity contribution in [2.75, 3.05) is 20.8 Å². The van der Waals surface area contributed by atoms with Gasteiger partial charge in [0.15, 0.2) is 0 Å². The molecule has 0 unspecified atom stereocenters. The summed E-state index contributed by atoms with van der Waals surface area (Å²) in [5, 5.41) is 1.23. The number of hydrogen-bond acceptors (Lipinski definition) is 5. The van der Waals surface area contributed by atoms with Gasteiger partial charge in [-0.3, -0.25) is 9.59 Å². The quantitative estimate of drug-likeness (QED) is 0.372. The molecule has 1 aliphatic rings. The first-order chi connectivity index (χ1) is 16.5.